The summed E-state index contributed by atoms with van der Waals surface area (Å²) in [5.41, 5.74) is 2.03. The van der Waals surface area contributed by atoms with Crippen molar-refractivity contribution < 1.29 is 14.9 Å². The molecule has 1 fully saturated rings. The first-order valence-electron chi connectivity index (χ1n) is 8.56. The number of hydrogen-bond acceptors (Lipinski definition) is 4. The summed E-state index contributed by atoms with van der Waals surface area (Å²) in [5.74, 6) is 0.802. The van der Waals surface area contributed by atoms with Crippen LogP contribution < -0.4 is 4.74 Å². The molecule has 1 aliphatic heterocycles. The first-order chi connectivity index (χ1) is 11.7. The molecular formula is C20H25NO3. The second kappa shape index (κ2) is 8.29. The molecule has 1 unspecified atom stereocenters. The van der Waals surface area contributed by atoms with Gasteiger partial charge in [-0.05, 0) is 36.1 Å². The maximum atomic E-state index is 10.4. The lowest BCUT2D eigenvalue weighted by atomic mass is 10.1. The van der Waals surface area contributed by atoms with Gasteiger partial charge in [-0.2, -0.15) is 0 Å². The molecule has 1 saturated heterocycles. The lowest BCUT2D eigenvalue weighted by Crippen LogP contribution is -2.38. The van der Waals surface area contributed by atoms with Gasteiger partial charge in [0.25, 0.3) is 0 Å². The molecule has 0 amide bonds. The molecule has 4 heteroatoms. The maximum Gasteiger partial charge on any atom is 0.119 e. The van der Waals surface area contributed by atoms with Gasteiger partial charge < -0.3 is 19.8 Å². The fraction of sp³-hybridized carbons (Fsp3) is 0.400. The van der Waals surface area contributed by atoms with Crippen LogP contribution in [0.4, 0.5) is 0 Å². The summed E-state index contributed by atoms with van der Waals surface area (Å²) in [6.45, 7) is 2.84. The molecule has 2 N–H and O–H groups in total. The van der Waals surface area contributed by atoms with Crippen molar-refractivity contribution in [2.24, 2.45) is 0 Å². The van der Waals surface area contributed by atoms with Gasteiger partial charge in [0, 0.05) is 19.6 Å². The highest BCUT2D eigenvalue weighted by Gasteiger charge is 2.19. The van der Waals surface area contributed by atoms with E-state index >= 15 is 0 Å². The Bertz CT molecular complexity index is 607. The number of ether oxygens (including phenoxy) is 1. The Morgan fingerprint density at radius 2 is 1.67 bits per heavy atom. The molecule has 2 aromatic carbocycles. The van der Waals surface area contributed by atoms with E-state index in [0.717, 1.165) is 42.8 Å². The van der Waals surface area contributed by atoms with Crippen LogP contribution in [-0.4, -0.2) is 40.9 Å². The van der Waals surface area contributed by atoms with Crippen molar-refractivity contribution in [3.63, 3.8) is 0 Å². The van der Waals surface area contributed by atoms with Crippen LogP contribution in [-0.2, 0) is 6.61 Å². The topological polar surface area (TPSA) is 52.9 Å². The Kier molecular flexibility index (Phi) is 5.86. The third-order valence-corrected chi connectivity index (χ3v) is 4.50. The fourth-order valence-electron chi connectivity index (χ4n) is 2.98. The van der Waals surface area contributed by atoms with E-state index in [1.165, 1.54) is 0 Å². The number of likely N-dealkylation sites (tertiary alicyclic amines) is 1. The molecule has 0 bridgehead atoms. The largest absolute Gasteiger partial charge is 0.489 e. The summed E-state index contributed by atoms with van der Waals surface area (Å²) in [6, 6.07) is 17.7. The van der Waals surface area contributed by atoms with E-state index in [2.05, 4.69) is 4.90 Å². The van der Waals surface area contributed by atoms with Crippen LogP contribution in [0, 0.1) is 0 Å². The summed E-state index contributed by atoms with van der Waals surface area (Å²) < 4.78 is 5.77. The van der Waals surface area contributed by atoms with Gasteiger partial charge in [-0.15, -0.1) is 0 Å². The van der Waals surface area contributed by atoms with Gasteiger partial charge in [0.2, 0.25) is 0 Å². The van der Waals surface area contributed by atoms with Crippen molar-refractivity contribution in [2.45, 2.75) is 31.7 Å². The van der Waals surface area contributed by atoms with Crippen LogP contribution >= 0.6 is 0 Å². The SMILES string of the molecule is OC1CCN(CC(O)c2ccc(OCc3ccccc3)cc2)CC1. The Labute approximate surface area is 143 Å². The molecular weight excluding hydrogens is 302 g/mol. The molecule has 3 rings (SSSR count). The maximum absolute atomic E-state index is 10.4. The van der Waals surface area contributed by atoms with E-state index in [1.54, 1.807) is 0 Å². The summed E-state index contributed by atoms with van der Waals surface area (Å²) >= 11 is 0. The molecule has 1 atom stereocenters. The minimum Gasteiger partial charge on any atom is -0.489 e. The normalized spacial score (nSPS) is 17.6. The molecule has 0 radical (unpaired) electrons. The van der Waals surface area contributed by atoms with E-state index < -0.39 is 6.10 Å². The van der Waals surface area contributed by atoms with Gasteiger partial charge in [-0.3, -0.25) is 0 Å². The number of β-amino-alcohol motifs (C(OH)–C–C–N with tert-alkyl or cyclic N) is 1. The number of piperidine rings is 1. The second-order valence-electron chi connectivity index (χ2n) is 6.39. The molecule has 0 spiro atoms. The van der Waals surface area contributed by atoms with Gasteiger partial charge in [-0.25, -0.2) is 0 Å². The van der Waals surface area contributed by atoms with Crippen molar-refractivity contribution in [3.8, 4) is 5.75 Å². The average Bonchev–Trinajstić information content (AvgIpc) is 2.63. The zero-order valence-corrected chi connectivity index (χ0v) is 13.8. The van der Waals surface area contributed by atoms with E-state index in [9.17, 15) is 10.2 Å². The van der Waals surface area contributed by atoms with Crippen LogP contribution in [0.3, 0.4) is 0 Å². The molecule has 128 valence electrons. The number of nitrogens with zero attached hydrogens (tertiary/aromatic N) is 1. The lowest BCUT2D eigenvalue weighted by Gasteiger charge is -2.31. The summed E-state index contributed by atoms with van der Waals surface area (Å²) in [5, 5.41) is 19.9. The fourth-order valence-corrected chi connectivity index (χ4v) is 2.98. The van der Waals surface area contributed by atoms with Crippen LogP contribution in [0.25, 0.3) is 0 Å². The monoisotopic (exact) mass is 327 g/mol. The highest BCUT2D eigenvalue weighted by atomic mass is 16.5. The number of aliphatic hydroxyl groups is 2. The summed E-state index contributed by atoms with van der Waals surface area (Å²) in [6.07, 6.45) is 0.890. The van der Waals surface area contributed by atoms with Gasteiger partial charge in [0.05, 0.1) is 12.2 Å². The van der Waals surface area contributed by atoms with Crippen molar-refractivity contribution in [1.29, 1.82) is 0 Å². The lowest BCUT2D eigenvalue weighted by molar-refractivity contribution is 0.0508. The van der Waals surface area contributed by atoms with Gasteiger partial charge in [0.1, 0.15) is 12.4 Å². The van der Waals surface area contributed by atoms with Crippen LogP contribution in [0.1, 0.15) is 30.1 Å². The zero-order chi connectivity index (χ0) is 16.8. The van der Waals surface area contributed by atoms with Crippen LogP contribution in [0.5, 0.6) is 5.75 Å². The molecule has 0 saturated carbocycles. The first-order valence-corrected chi connectivity index (χ1v) is 8.56. The molecule has 1 heterocycles. The Morgan fingerprint density at radius 3 is 2.33 bits per heavy atom. The van der Waals surface area contributed by atoms with Gasteiger partial charge in [-0.1, -0.05) is 42.5 Å². The van der Waals surface area contributed by atoms with Crippen molar-refractivity contribution in [1.82, 2.24) is 4.90 Å². The van der Waals surface area contributed by atoms with E-state index in [4.69, 9.17) is 4.74 Å². The quantitative estimate of drug-likeness (QED) is 0.857. The Hall–Kier alpha value is -1.88. The molecule has 0 aromatic heterocycles. The van der Waals surface area contributed by atoms with Crippen molar-refractivity contribution in [3.05, 3.63) is 65.7 Å². The second-order valence-corrected chi connectivity index (χ2v) is 6.39. The molecule has 0 aliphatic carbocycles. The number of hydrogen-bond donors (Lipinski definition) is 2. The zero-order valence-electron chi connectivity index (χ0n) is 13.8. The summed E-state index contributed by atoms with van der Waals surface area (Å²) in [4.78, 5) is 2.21. The van der Waals surface area contributed by atoms with E-state index in [-0.39, 0.29) is 6.10 Å². The number of benzene rings is 2. The Morgan fingerprint density at radius 1 is 1.00 bits per heavy atom. The Balaban J connectivity index is 1.50. The van der Waals surface area contributed by atoms with Gasteiger partial charge >= 0.3 is 0 Å². The molecule has 24 heavy (non-hydrogen) atoms. The number of rotatable bonds is 6. The minimum atomic E-state index is -0.511. The van der Waals surface area contributed by atoms with Crippen molar-refractivity contribution >= 4 is 0 Å². The van der Waals surface area contributed by atoms with E-state index in [1.807, 2.05) is 54.6 Å². The first kappa shape index (κ1) is 17.0. The standard InChI is InChI=1S/C20H25NO3/c22-18-10-12-21(13-11-18)14-20(23)17-6-8-19(9-7-17)24-15-16-4-2-1-3-5-16/h1-9,18,20,22-23H,10-15H2. The highest BCUT2D eigenvalue weighted by molar-refractivity contribution is 5.29. The summed E-state index contributed by atoms with van der Waals surface area (Å²) in [7, 11) is 0. The van der Waals surface area contributed by atoms with Crippen LogP contribution in [0.2, 0.25) is 0 Å². The highest BCUT2D eigenvalue weighted by Crippen LogP contribution is 2.21. The third kappa shape index (κ3) is 4.81. The molecule has 1 aliphatic rings. The van der Waals surface area contributed by atoms with Gasteiger partial charge in [0.15, 0.2) is 0 Å². The molecule has 4 nitrogen and oxygen atoms in total. The smallest absolute Gasteiger partial charge is 0.119 e. The predicted octanol–water partition coefficient (Wildman–Crippen LogP) is 2.76. The van der Waals surface area contributed by atoms with Crippen molar-refractivity contribution in [2.75, 3.05) is 19.6 Å². The van der Waals surface area contributed by atoms with E-state index in [0.29, 0.717) is 13.2 Å². The third-order valence-electron chi connectivity index (χ3n) is 4.50. The molecule has 2 aromatic rings. The minimum absolute atomic E-state index is 0.181. The number of aliphatic hydroxyl groups excluding tert-OH is 2. The predicted molar refractivity (Wildman–Crippen MR) is 93.9 cm³/mol. The average molecular weight is 327 g/mol. The van der Waals surface area contributed by atoms with Crippen LogP contribution in [0.15, 0.2) is 54.6 Å².